The monoisotopic (exact) mass is 537 g/mol. The highest BCUT2D eigenvalue weighted by Crippen LogP contribution is 2.47. The van der Waals surface area contributed by atoms with Gasteiger partial charge in [-0.2, -0.15) is 0 Å². The summed E-state index contributed by atoms with van der Waals surface area (Å²) in [6.45, 7) is 7.89. The number of fused-ring (bicyclic) bond motifs is 4. The molecule has 2 aromatic carbocycles. The molecule has 3 aliphatic heterocycles. The van der Waals surface area contributed by atoms with Gasteiger partial charge in [-0.25, -0.2) is 0 Å². The quantitative estimate of drug-likeness (QED) is 0.327. The summed E-state index contributed by atoms with van der Waals surface area (Å²) in [4.78, 5) is 17.8. The van der Waals surface area contributed by atoms with Gasteiger partial charge in [0, 0.05) is 42.1 Å². The van der Waals surface area contributed by atoms with Crippen molar-refractivity contribution in [3.63, 3.8) is 0 Å². The van der Waals surface area contributed by atoms with Gasteiger partial charge >= 0.3 is 0 Å². The summed E-state index contributed by atoms with van der Waals surface area (Å²) in [6, 6.07) is 14.7. The first kappa shape index (κ1) is 25.4. The van der Waals surface area contributed by atoms with E-state index in [1.165, 1.54) is 0 Å². The van der Waals surface area contributed by atoms with Crippen molar-refractivity contribution in [2.45, 2.75) is 31.9 Å². The van der Waals surface area contributed by atoms with E-state index in [2.05, 4.69) is 16.9 Å². The van der Waals surface area contributed by atoms with Gasteiger partial charge < -0.3 is 37.0 Å². The first-order valence-electron chi connectivity index (χ1n) is 12.0. The number of benzene rings is 2. The molecule has 4 heterocycles. The summed E-state index contributed by atoms with van der Waals surface area (Å²) in [5.74, 6) is 0.827. The van der Waals surface area contributed by atoms with Crippen molar-refractivity contribution in [2.75, 3.05) is 25.0 Å². The normalized spacial score (nSPS) is 26.1. The second-order valence-corrected chi connectivity index (χ2v) is 9.94. The van der Waals surface area contributed by atoms with Crippen LogP contribution in [0.3, 0.4) is 0 Å². The number of hydrogen-bond acceptors (Lipinski definition) is 4. The average Bonchev–Trinajstić information content (AvgIpc) is 2.85. The van der Waals surface area contributed by atoms with E-state index in [0.717, 1.165) is 48.0 Å². The van der Waals surface area contributed by atoms with E-state index in [4.69, 9.17) is 0 Å². The van der Waals surface area contributed by atoms with Crippen LogP contribution in [0.15, 0.2) is 67.4 Å². The Balaban J connectivity index is 0.00000289. The fraction of sp³-hybridized carbons (Fsp3) is 0.357. The molecule has 1 amide bonds. The molecular weight excluding hydrogens is 506 g/mol. The summed E-state index contributed by atoms with van der Waals surface area (Å²) < 4.78 is 0.536. The number of nitrogens with one attached hydrogen (secondary N) is 1. The first-order chi connectivity index (χ1) is 16.4. The molecule has 1 aromatic heterocycles. The lowest BCUT2D eigenvalue weighted by atomic mass is 9.71. The van der Waals surface area contributed by atoms with Crippen LogP contribution in [0.2, 0.25) is 0 Å². The average molecular weight is 538 g/mol. The van der Waals surface area contributed by atoms with Gasteiger partial charge in [0.25, 0.3) is 5.91 Å². The Hall–Kier alpha value is -2.74. The summed E-state index contributed by atoms with van der Waals surface area (Å²) in [5.41, 5.74) is 3.25. The number of aliphatic hydroxyl groups excluding tert-OH is 1. The lowest BCUT2D eigenvalue weighted by Gasteiger charge is -2.57. The number of rotatable bonds is 6. The van der Waals surface area contributed by atoms with Crippen molar-refractivity contribution in [3.8, 4) is 5.75 Å². The maximum absolute atomic E-state index is 13.3. The molecule has 0 unspecified atom stereocenters. The number of carbonyl (C=O) groups is 1. The minimum Gasteiger partial charge on any atom is -1.00 e. The highest BCUT2D eigenvalue weighted by Gasteiger charge is 2.54. The van der Waals surface area contributed by atoms with Crippen molar-refractivity contribution in [2.24, 2.45) is 11.8 Å². The van der Waals surface area contributed by atoms with Crippen LogP contribution >= 0.6 is 0 Å². The van der Waals surface area contributed by atoms with Crippen LogP contribution in [0.5, 0.6) is 5.75 Å². The van der Waals surface area contributed by atoms with Gasteiger partial charge in [-0.1, -0.05) is 30.3 Å². The first-order valence-corrected chi connectivity index (χ1v) is 12.0. The molecular formula is C28H32BrN3O3. The second kappa shape index (κ2) is 10.1. The minimum absolute atomic E-state index is 0. The molecule has 3 aliphatic rings. The molecule has 3 aromatic rings. The SMILES string of the molecule is C=C[C@H]1C[N@+]2(CC(=O)Nc3cc(O)ccc3C)CC[C@H]1C[C@@H]2[C@@H](O)c1ccnc2ccccc12.[Br-]. The number of anilines is 1. The van der Waals surface area contributed by atoms with E-state index in [1.54, 1.807) is 24.4 Å². The van der Waals surface area contributed by atoms with Gasteiger partial charge in [0.15, 0.2) is 6.54 Å². The van der Waals surface area contributed by atoms with E-state index < -0.39 is 6.10 Å². The number of nitrogens with zero attached hydrogens (tertiary/aromatic N) is 2. The van der Waals surface area contributed by atoms with Crippen LogP contribution < -0.4 is 22.3 Å². The number of aryl methyl sites for hydroxylation is 1. The number of aromatic hydroxyl groups is 1. The third-order valence-electron chi connectivity index (χ3n) is 8.00. The molecule has 3 saturated heterocycles. The largest absolute Gasteiger partial charge is 1.00 e. The molecule has 35 heavy (non-hydrogen) atoms. The number of aromatic nitrogens is 1. The minimum atomic E-state index is -0.697. The van der Waals surface area contributed by atoms with Gasteiger partial charge in [-0.15, -0.1) is 6.58 Å². The third-order valence-corrected chi connectivity index (χ3v) is 8.00. The Bertz CT molecular complexity index is 1240. The fourth-order valence-corrected chi connectivity index (χ4v) is 6.18. The zero-order chi connectivity index (χ0) is 23.9. The summed E-state index contributed by atoms with van der Waals surface area (Å²) >= 11 is 0. The van der Waals surface area contributed by atoms with Gasteiger partial charge in [0.1, 0.15) is 17.9 Å². The van der Waals surface area contributed by atoms with E-state index in [1.807, 2.05) is 43.3 Å². The van der Waals surface area contributed by atoms with Crippen LogP contribution in [0.1, 0.15) is 30.1 Å². The van der Waals surface area contributed by atoms with E-state index in [0.29, 0.717) is 22.0 Å². The molecule has 0 radical (unpaired) electrons. The number of piperidine rings is 3. The Kier molecular flexibility index (Phi) is 7.31. The lowest BCUT2D eigenvalue weighted by Crippen LogP contribution is -3.00. The van der Waals surface area contributed by atoms with Crippen molar-refractivity contribution in [1.29, 1.82) is 0 Å². The Labute approximate surface area is 216 Å². The van der Waals surface area contributed by atoms with E-state index >= 15 is 0 Å². The van der Waals surface area contributed by atoms with Gasteiger partial charge in [0.05, 0.1) is 18.6 Å². The maximum atomic E-state index is 13.3. The molecule has 6 rings (SSSR count). The number of halogens is 1. The predicted molar refractivity (Wildman–Crippen MR) is 133 cm³/mol. The number of phenols is 1. The molecule has 0 saturated carbocycles. The van der Waals surface area contributed by atoms with E-state index in [9.17, 15) is 15.0 Å². The van der Waals surface area contributed by atoms with E-state index in [-0.39, 0.29) is 41.2 Å². The maximum Gasteiger partial charge on any atom is 0.279 e. The lowest BCUT2D eigenvalue weighted by molar-refractivity contribution is -0.966. The molecule has 2 bridgehead atoms. The number of hydrogen-bond donors (Lipinski definition) is 3. The number of quaternary nitrogens is 1. The predicted octanol–water partition coefficient (Wildman–Crippen LogP) is 1.34. The Morgan fingerprint density at radius 1 is 1.29 bits per heavy atom. The van der Waals surface area contributed by atoms with Crippen molar-refractivity contribution >= 4 is 22.5 Å². The Morgan fingerprint density at radius 3 is 2.89 bits per heavy atom. The molecule has 5 atom stereocenters. The summed E-state index contributed by atoms with van der Waals surface area (Å²) in [6.07, 6.45) is 4.96. The number of para-hydroxylation sites is 1. The van der Waals surface area contributed by atoms with Crippen LogP contribution in [0, 0.1) is 18.8 Å². The van der Waals surface area contributed by atoms with Crippen molar-refractivity contribution in [1.82, 2.24) is 4.98 Å². The van der Waals surface area contributed by atoms with Gasteiger partial charge in [-0.05, 0) is 42.2 Å². The second-order valence-electron chi connectivity index (χ2n) is 9.94. The number of phenolic OH excluding ortho intramolecular Hbond substituents is 1. The van der Waals surface area contributed by atoms with Crippen molar-refractivity contribution in [3.05, 3.63) is 78.5 Å². The molecule has 3 N–H and O–H groups in total. The van der Waals surface area contributed by atoms with Crippen LogP contribution in [0.4, 0.5) is 5.69 Å². The standard InChI is InChI=1S/C28H31N3O3.BrH/c1-3-19-16-31(17-27(33)30-25-15-21(32)9-8-18(25)2)13-11-20(19)14-26(31)28(34)23-10-12-29-24-7-5-4-6-22(23)24;/h3-10,12,15,19-20,26,28,34H,1,11,13-14,16-17H2,2H3,(H-,30,32,33);1H/t19-,20-,26+,28-,31-;/m0./s1. The zero-order valence-electron chi connectivity index (χ0n) is 19.9. The highest BCUT2D eigenvalue weighted by molar-refractivity contribution is 5.92. The van der Waals surface area contributed by atoms with Gasteiger partial charge in [-0.3, -0.25) is 9.78 Å². The molecule has 3 fully saturated rings. The number of aliphatic hydroxyl groups is 1. The summed E-state index contributed by atoms with van der Waals surface area (Å²) in [5, 5.41) is 25.6. The van der Waals surface area contributed by atoms with Gasteiger partial charge in [0.2, 0.25) is 0 Å². The Morgan fingerprint density at radius 2 is 2.09 bits per heavy atom. The van der Waals surface area contributed by atoms with Crippen LogP contribution in [-0.4, -0.2) is 51.3 Å². The third kappa shape index (κ3) is 4.73. The molecule has 7 heteroatoms. The molecule has 184 valence electrons. The molecule has 0 spiro atoms. The fourth-order valence-electron chi connectivity index (χ4n) is 6.18. The van der Waals surface area contributed by atoms with Crippen LogP contribution in [-0.2, 0) is 4.79 Å². The molecule has 6 nitrogen and oxygen atoms in total. The smallest absolute Gasteiger partial charge is 0.279 e. The molecule has 0 aliphatic carbocycles. The number of carbonyl (C=O) groups excluding carboxylic acids is 1. The summed E-state index contributed by atoms with van der Waals surface area (Å²) in [7, 11) is 0. The van der Waals surface area contributed by atoms with Crippen molar-refractivity contribution < 1.29 is 36.5 Å². The topological polar surface area (TPSA) is 82.5 Å². The highest BCUT2D eigenvalue weighted by atomic mass is 79.9. The number of amides is 1. The van der Waals surface area contributed by atoms with Crippen LogP contribution in [0.25, 0.3) is 10.9 Å². The number of pyridine rings is 1. The zero-order valence-corrected chi connectivity index (χ0v) is 21.5.